The van der Waals surface area contributed by atoms with Crippen molar-refractivity contribution < 1.29 is 0 Å². The molecule has 1 heterocycles. The molecule has 80 valence electrons. The molecule has 3 nitrogen and oxygen atoms in total. The lowest BCUT2D eigenvalue weighted by Crippen LogP contribution is -2.00. The summed E-state index contributed by atoms with van der Waals surface area (Å²) in [7, 11) is 2.05. The molecule has 0 aliphatic carbocycles. The van der Waals surface area contributed by atoms with E-state index in [0.717, 1.165) is 30.7 Å². The van der Waals surface area contributed by atoms with Crippen molar-refractivity contribution in [2.45, 2.75) is 19.8 Å². The molecule has 0 aliphatic rings. The number of imidazole rings is 1. The van der Waals surface area contributed by atoms with E-state index in [1.165, 1.54) is 11.1 Å². The van der Waals surface area contributed by atoms with Crippen LogP contribution in [0.4, 0.5) is 0 Å². The average molecular weight is 203 g/mol. The Balaban J connectivity index is 2.51. The van der Waals surface area contributed by atoms with E-state index in [2.05, 4.69) is 34.8 Å². The van der Waals surface area contributed by atoms with Gasteiger partial charge in [-0.05, 0) is 37.9 Å². The van der Waals surface area contributed by atoms with Crippen molar-refractivity contribution >= 4 is 11.0 Å². The molecule has 2 rings (SSSR count). The summed E-state index contributed by atoms with van der Waals surface area (Å²) >= 11 is 0. The Morgan fingerprint density at radius 1 is 1.40 bits per heavy atom. The number of benzene rings is 1. The molecule has 0 radical (unpaired) electrons. The van der Waals surface area contributed by atoms with Crippen molar-refractivity contribution in [3.8, 4) is 0 Å². The van der Waals surface area contributed by atoms with Crippen molar-refractivity contribution in [3.63, 3.8) is 0 Å². The number of nitrogens with two attached hydrogens (primary N) is 1. The normalized spacial score (nSPS) is 11.1. The summed E-state index contributed by atoms with van der Waals surface area (Å²) in [4.78, 5) is 4.59. The van der Waals surface area contributed by atoms with E-state index in [1.807, 2.05) is 6.92 Å². The summed E-state index contributed by atoms with van der Waals surface area (Å²) in [5.74, 6) is 1.06. The Labute approximate surface area is 89.9 Å². The Morgan fingerprint density at radius 3 is 2.93 bits per heavy atom. The van der Waals surface area contributed by atoms with Gasteiger partial charge in [-0.3, -0.25) is 0 Å². The molecule has 0 spiro atoms. The monoisotopic (exact) mass is 203 g/mol. The van der Waals surface area contributed by atoms with Crippen molar-refractivity contribution in [1.29, 1.82) is 0 Å². The van der Waals surface area contributed by atoms with Crippen LogP contribution in [0.15, 0.2) is 18.2 Å². The second-order valence-corrected chi connectivity index (χ2v) is 3.90. The molecule has 0 bridgehead atoms. The van der Waals surface area contributed by atoms with Crippen molar-refractivity contribution in [3.05, 3.63) is 29.6 Å². The minimum Gasteiger partial charge on any atom is -0.331 e. The number of aryl methyl sites for hydroxylation is 3. The zero-order valence-corrected chi connectivity index (χ0v) is 9.33. The second kappa shape index (κ2) is 4.03. The van der Waals surface area contributed by atoms with Crippen LogP contribution in [0.5, 0.6) is 0 Å². The fourth-order valence-electron chi connectivity index (χ4n) is 1.88. The molecule has 0 atom stereocenters. The quantitative estimate of drug-likeness (QED) is 0.826. The predicted octanol–water partition coefficient (Wildman–Crippen LogP) is 1.77. The molecule has 0 aliphatic heterocycles. The van der Waals surface area contributed by atoms with Crippen LogP contribution >= 0.6 is 0 Å². The smallest absolute Gasteiger partial charge is 0.106 e. The van der Waals surface area contributed by atoms with Gasteiger partial charge in [0.25, 0.3) is 0 Å². The zero-order chi connectivity index (χ0) is 10.8. The first-order chi connectivity index (χ1) is 7.24. The zero-order valence-electron chi connectivity index (χ0n) is 9.33. The molecule has 1 aromatic carbocycles. The lowest BCUT2D eigenvalue weighted by atomic mass is 10.1. The molecule has 3 heteroatoms. The highest BCUT2D eigenvalue weighted by atomic mass is 15.0. The number of hydrogen-bond acceptors (Lipinski definition) is 2. The first-order valence-corrected chi connectivity index (χ1v) is 5.35. The van der Waals surface area contributed by atoms with Gasteiger partial charge in [-0.1, -0.05) is 12.1 Å². The summed E-state index contributed by atoms with van der Waals surface area (Å²) in [6, 6.07) is 6.35. The number of nitrogens with zero attached hydrogens (tertiary/aromatic N) is 2. The highest BCUT2D eigenvalue weighted by molar-refractivity contribution is 5.79. The van der Waals surface area contributed by atoms with E-state index in [9.17, 15) is 0 Å². The number of hydrogen-bond donors (Lipinski definition) is 1. The Bertz CT molecular complexity index is 471. The fourth-order valence-corrected chi connectivity index (χ4v) is 1.88. The lowest BCUT2D eigenvalue weighted by molar-refractivity contribution is 0.836. The maximum absolute atomic E-state index is 5.53. The van der Waals surface area contributed by atoms with Gasteiger partial charge in [-0.15, -0.1) is 0 Å². The van der Waals surface area contributed by atoms with Gasteiger partial charge >= 0.3 is 0 Å². The van der Waals surface area contributed by atoms with E-state index < -0.39 is 0 Å². The van der Waals surface area contributed by atoms with E-state index in [1.54, 1.807) is 0 Å². The van der Waals surface area contributed by atoms with Crippen LogP contribution in [-0.2, 0) is 13.5 Å². The first-order valence-electron chi connectivity index (χ1n) is 5.35. The SMILES string of the molecule is Cc1nc2c(CCCN)cccc2n1C. The van der Waals surface area contributed by atoms with Crippen LogP contribution in [0.25, 0.3) is 11.0 Å². The molecule has 0 saturated heterocycles. The Hall–Kier alpha value is -1.35. The lowest BCUT2D eigenvalue weighted by Gasteiger charge is -2.01. The van der Waals surface area contributed by atoms with Gasteiger partial charge in [0.15, 0.2) is 0 Å². The van der Waals surface area contributed by atoms with Gasteiger partial charge in [0.1, 0.15) is 5.82 Å². The molecule has 0 unspecified atom stereocenters. The third-order valence-corrected chi connectivity index (χ3v) is 2.87. The van der Waals surface area contributed by atoms with E-state index >= 15 is 0 Å². The first kappa shape index (κ1) is 10.2. The maximum Gasteiger partial charge on any atom is 0.106 e. The van der Waals surface area contributed by atoms with Crippen molar-refractivity contribution in [1.82, 2.24) is 9.55 Å². The largest absolute Gasteiger partial charge is 0.331 e. The predicted molar refractivity (Wildman–Crippen MR) is 62.8 cm³/mol. The molecule has 0 saturated carbocycles. The molecule has 2 N–H and O–H groups in total. The minimum absolute atomic E-state index is 0.738. The number of rotatable bonds is 3. The molecule has 2 aromatic rings. The third-order valence-electron chi connectivity index (χ3n) is 2.87. The molecular weight excluding hydrogens is 186 g/mol. The van der Waals surface area contributed by atoms with Crippen LogP contribution in [0.1, 0.15) is 17.8 Å². The van der Waals surface area contributed by atoms with E-state index in [-0.39, 0.29) is 0 Å². The second-order valence-electron chi connectivity index (χ2n) is 3.90. The summed E-state index contributed by atoms with van der Waals surface area (Å²) in [5.41, 5.74) is 9.18. The molecule has 0 amide bonds. The number of aromatic nitrogens is 2. The highest BCUT2D eigenvalue weighted by Crippen LogP contribution is 2.19. The van der Waals surface area contributed by atoms with E-state index in [0.29, 0.717) is 0 Å². The summed E-state index contributed by atoms with van der Waals surface area (Å²) < 4.78 is 2.13. The van der Waals surface area contributed by atoms with Gasteiger partial charge in [0.2, 0.25) is 0 Å². The van der Waals surface area contributed by atoms with Crippen LogP contribution in [-0.4, -0.2) is 16.1 Å². The molecule has 15 heavy (non-hydrogen) atoms. The Kier molecular flexibility index (Phi) is 2.73. The van der Waals surface area contributed by atoms with Crippen LogP contribution < -0.4 is 5.73 Å². The average Bonchev–Trinajstić information content (AvgIpc) is 2.53. The van der Waals surface area contributed by atoms with Gasteiger partial charge < -0.3 is 10.3 Å². The standard InChI is InChI=1S/C12H17N3/c1-9-14-12-10(6-4-8-13)5-3-7-11(12)15(9)2/h3,5,7H,4,6,8,13H2,1-2H3. The van der Waals surface area contributed by atoms with Crippen LogP contribution in [0.2, 0.25) is 0 Å². The minimum atomic E-state index is 0.738. The van der Waals surface area contributed by atoms with Gasteiger partial charge in [0.05, 0.1) is 11.0 Å². The highest BCUT2D eigenvalue weighted by Gasteiger charge is 2.07. The van der Waals surface area contributed by atoms with E-state index in [4.69, 9.17) is 5.73 Å². The van der Waals surface area contributed by atoms with Crippen molar-refractivity contribution in [2.75, 3.05) is 6.54 Å². The topological polar surface area (TPSA) is 43.8 Å². The third kappa shape index (κ3) is 1.75. The van der Waals surface area contributed by atoms with Gasteiger partial charge in [-0.2, -0.15) is 0 Å². The van der Waals surface area contributed by atoms with Crippen LogP contribution in [0.3, 0.4) is 0 Å². The van der Waals surface area contributed by atoms with Gasteiger partial charge in [0, 0.05) is 7.05 Å². The number of para-hydroxylation sites is 1. The maximum atomic E-state index is 5.53. The number of fused-ring (bicyclic) bond motifs is 1. The summed E-state index contributed by atoms with van der Waals surface area (Å²) in [6.07, 6.45) is 2.04. The van der Waals surface area contributed by atoms with Crippen molar-refractivity contribution in [2.24, 2.45) is 12.8 Å². The summed E-state index contributed by atoms with van der Waals surface area (Å²) in [6.45, 7) is 2.77. The van der Waals surface area contributed by atoms with Crippen LogP contribution in [0, 0.1) is 6.92 Å². The Morgan fingerprint density at radius 2 is 2.20 bits per heavy atom. The molecule has 0 fully saturated rings. The molecular formula is C12H17N3. The molecule has 1 aromatic heterocycles. The summed E-state index contributed by atoms with van der Waals surface area (Å²) in [5, 5.41) is 0. The van der Waals surface area contributed by atoms with Gasteiger partial charge in [-0.25, -0.2) is 4.98 Å². The fraction of sp³-hybridized carbons (Fsp3) is 0.417.